The smallest absolute Gasteiger partial charge is 0.169 e. The lowest BCUT2D eigenvalue weighted by Gasteiger charge is -2.27. The minimum atomic E-state index is -0.419. The van der Waals surface area contributed by atoms with Crippen molar-refractivity contribution in [3.05, 3.63) is 35.6 Å². The molecule has 1 aromatic carbocycles. The predicted octanol–water partition coefficient (Wildman–Crippen LogP) is 3.37. The lowest BCUT2D eigenvalue weighted by Crippen LogP contribution is -2.36. The molecule has 19 heavy (non-hydrogen) atoms. The zero-order valence-corrected chi connectivity index (χ0v) is 11.9. The number of hydrogen-bond donors (Lipinski definition) is 0. The fraction of sp³-hybridized carbons (Fsp3) is 0.562. The van der Waals surface area contributed by atoms with Gasteiger partial charge >= 0.3 is 0 Å². The monoisotopic (exact) mass is 263 g/mol. The summed E-state index contributed by atoms with van der Waals surface area (Å²) in [5.41, 5.74) is 0.211. The summed E-state index contributed by atoms with van der Waals surface area (Å²) in [5, 5.41) is 0. The van der Waals surface area contributed by atoms with Gasteiger partial charge in [0.2, 0.25) is 0 Å². The van der Waals surface area contributed by atoms with Crippen LogP contribution >= 0.6 is 0 Å². The van der Waals surface area contributed by atoms with Gasteiger partial charge in [0, 0.05) is 18.5 Å². The largest absolute Gasteiger partial charge is 0.303 e. The number of ketones is 1. The number of halogens is 1. The first-order chi connectivity index (χ1) is 9.00. The van der Waals surface area contributed by atoms with Gasteiger partial charge in [0.05, 0.1) is 5.56 Å². The second kappa shape index (κ2) is 5.83. The van der Waals surface area contributed by atoms with E-state index in [9.17, 15) is 9.18 Å². The van der Waals surface area contributed by atoms with E-state index < -0.39 is 5.82 Å². The summed E-state index contributed by atoms with van der Waals surface area (Å²) in [7, 11) is 2.05. The molecule has 1 aliphatic carbocycles. The van der Waals surface area contributed by atoms with Crippen LogP contribution in [-0.4, -0.2) is 30.3 Å². The fourth-order valence-electron chi connectivity index (χ4n) is 2.55. The first kappa shape index (κ1) is 14.2. The topological polar surface area (TPSA) is 20.3 Å². The van der Waals surface area contributed by atoms with E-state index in [0.29, 0.717) is 12.6 Å². The van der Waals surface area contributed by atoms with Gasteiger partial charge in [0.1, 0.15) is 5.82 Å². The van der Waals surface area contributed by atoms with Gasteiger partial charge in [-0.05, 0) is 44.9 Å². The average molecular weight is 263 g/mol. The molecule has 2 unspecified atom stereocenters. The van der Waals surface area contributed by atoms with Crippen molar-refractivity contribution >= 4 is 5.78 Å². The lowest BCUT2D eigenvalue weighted by molar-refractivity contribution is 0.0880. The van der Waals surface area contributed by atoms with Crippen LogP contribution < -0.4 is 0 Å². The highest BCUT2D eigenvalue weighted by Gasteiger charge is 2.31. The van der Waals surface area contributed by atoms with Gasteiger partial charge in [-0.1, -0.05) is 19.1 Å². The molecule has 0 heterocycles. The second-order valence-electron chi connectivity index (χ2n) is 5.76. The van der Waals surface area contributed by atoms with Gasteiger partial charge in [-0.15, -0.1) is 0 Å². The molecule has 0 aliphatic heterocycles. The van der Waals surface area contributed by atoms with E-state index in [4.69, 9.17) is 0 Å². The Morgan fingerprint density at radius 1 is 1.37 bits per heavy atom. The molecule has 2 nitrogen and oxygen atoms in total. The van der Waals surface area contributed by atoms with Crippen molar-refractivity contribution in [3.8, 4) is 0 Å². The summed E-state index contributed by atoms with van der Waals surface area (Å²) in [4.78, 5) is 14.5. The predicted molar refractivity (Wildman–Crippen MR) is 74.7 cm³/mol. The molecule has 0 bridgehead atoms. The first-order valence-corrected chi connectivity index (χ1v) is 6.99. The number of carbonyl (C=O) groups is 1. The van der Waals surface area contributed by atoms with Crippen molar-refractivity contribution < 1.29 is 9.18 Å². The maximum atomic E-state index is 13.6. The molecule has 1 saturated carbocycles. The van der Waals surface area contributed by atoms with Crippen LogP contribution in [0.1, 0.15) is 37.0 Å². The maximum absolute atomic E-state index is 13.6. The summed E-state index contributed by atoms with van der Waals surface area (Å²) in [6.07, 6.45) is 2.59. The highest BCUT2D eigenvalue weighted by atomic mass is 19.1. The molecule has 0 N–H and O–H groups in total. The summed E-state index contributed by atoms with van der Waals surface area (Å²) >= 11 is 0. The molecule has 104 valence electrons. The van der Waals surface area contributed by atoms with E-state index in [1.54, 1.807) is 18.2 Å². The molecule has 0 spiro atoms. The van der Waals surface area contributed by atoms with Crippen LogP contribution in [0.15, 0.2) is 24.3 Å². The Morgan fingerprint density at radius 2 is 2.00 bits per heavy atom. The third-order valence-electron chi connectivity index (χ3n) is 4.15. The molecule has 1 aromatic rings. The van der Waals surface area contributed by atoms with Crippen molar-refractivity contribution in [2.45, 2.75) is 32.7 Å². The second-order valence-corrected chi connectivity index (χ2v) is 5.76. The van der Waals surface area contributed by atoms with E-state index in [2.05, 4.69) is 11.8 Å². The minimum Gasteiger partial charge on any atom is -0.303 e. The third kappa shape index (κ3) is 3.41. The van der Waals surface area contributed by atoms with Crippen molar-refractivity contribution in [1.29, 1.82) is 0 Å². The molecule has 1 aliphatic rings. The highest BCUT2D eigenvalue weighted by Crippen LogP contribution is 2.34. The normalized spacial score (nSPS) is 18.4. The summed E-state index contributed by atoms with van der Waals surface area (Å²) in [6.45, 7) is 4.77. The van der Waals surface area contributed by atoms with Gasteiger partial charge in [-0.2, -0.15) is 0 Å². The van der Waals surface area contributed by atoms with Crippen LogP contribution in [0.2, 0.25) is 0 Å². The number of nitrogens with zero attached hydrogens (tertiary/aromatic N) is 1. The van der Waals surface area contributed by atoms with Crippen LogP contribution in [-0.2, 0) is 0 Å². The fourth-order valence-corrected chi connectivity index (χ4v) is 2.55. The highest BCUT2D eigenvalue weighted by molar-refractivity contribution is 5.98. The number of Topliss-reactive ketones (excluding diaryl/α,β-unsaturated/α-hetero) is 1. The minimum absolute atomic E-state index is 0.104. The van der Waals surface area contributed by atoms with Crippen LogP contribution in [0.25, 0.3) is 0 Å². The lowest BCUT2D eigenvalue weighted by atomic mass is 9.98. The molecule has 0 amide bonds. The molecule has 0 radical (unpaired) electrons. The SMILES string of the molecule is CC(CN(C)C(C)C1CC1)C(=O)c1ccccc1F. The Kier molecular flexibility index (Phi) is 4.35. The van der Waals surface area contributed by atoms with Crippen LogP contribution in [0.3, 0.4) is 0 Å². The van der Waals surface area contributed by atoms with Crippen molar-refractivity contribution in [2.75, 3.05) is 13.6 Å². The van der Waals surface area contributed by atoms with Crippen molar-refractivity contribution in [1.82, 2.24) is 4.90 Å². The van der Waals surface area contributed by atoms with Crippen LogP contribution in [0.4, 0.5) is 4.39 Å². The Hall–Kier alpha value is -1.22. The Labute approximate surface area is 114 Å². The van der Waals surface area contributed by atoms with Crippen molar-refractivity contribution in [2.24, 2.45) is 11.8 Å². The Morgan fingerprint density at radius 3 is 2.58 bits per heavy atom. The summed E-state index contributed by atoms with van der Waals surface area (Å²) < 4.78 is 13.6. The number of rotatable bonds is 6. The third-order valence-corrected chi connectivity index (χ3v) is 4.15. The molecular weight excluding hydrogens is 241 g/mol. The molecule has 0 aromatic heterocycles. The van der Waals surface area contributed by atoms with Crippen LogP contribution in [0.5, 0.6) is 0 Å². The van der Waals surface area contributed by atoms with E-state index in [1.165, 1.54) is 18.9 Å². The average Bonchev–Trinajstić information content (AvgIpc) is 3.21. The quantitative estimate of drug-likeness (QED) is 0.733. The molecule has 3 heteroatoms. The molecule has 2 rings (SSSR count). The van der Waals surface area contributed by atoms with Gasteiger partial charge in [-0.25, -0.2) is 4.39 Å². The molecular formula is C16H22FNO. The first-order valence-electron chi connectivity index (χ1n) is 6.99. The number of benzene rings is 1. The molecule has 0 saturated heterocycles. The Bertz CT molecular complexity index is 456. The van der Waals surface area contributed by atoms with Gasteiger partial charge in [-0.3, -0.25) is 4.79 Å². The molecule has 2 atom stereocenters. The maximum Gasteiger partial charge on any atom is 0.169 e. The van der Waals surface area contributed by atoms with Gasteiger partial charge in [0.15, 0.2) is 5.78 Å². The van der Waals surface area contributed by atoms with Crippen molar-refractivity contribution in [3.63, 3.8) is 0 Å². The summed E-state index contributed by atoms with van der Waals surface area (Å²) in [5.74, 6) is 0.0778. The van der Waals surface area contributed by atoms with Crippen LogP contribution in [0, 0.1) is 17.7 Å². The van der Waals surface area contributed by atoms with E-state index in [-0.39, 0.29) is 17.3 Å². The van der Waals surface area contributed by atoms with Gasteiger partial charge < -0.3 is 4.90 Å². The Balaban J connectivity index is 1.97. The summed E-state index contributed by atoms with van der Waals surface area (Å²) in [6, 6.07) is 6.74. The zero-order valence-electron chi connectivity index (χ0n) is 11.9. The number of hydrogen-bond acceptors (Lipinski definition) is 2. The van der Waals surface area contributed by atoms with E-state index in [0.717, 1.165) is 5.92 Å². The molecule has 1 fully saturated rings. The standard InChI is InChI=1S/C16H22FNO/c1-11(10-18(3)12(2)13-8-9-13)16(19)14-6-4-5-7-15(14)17/h4-7,11-13H,8-10H2,1-3H3. The number of carbonyl (C=O) groups excluding carboxylic acids is 1. The zero-order chi connectivity index (χ0) is 14.0. The van der Waals surface area contributed by atoms with E-state index >= 15 is 0 Å². The van der Waals surface area contributed by atoms with Gasteiger partial charge in [0.25, 0.3) is 0 Å². The van der Waals surface area contributed by atoms with E-state index in [1.807, 2.05) is 14.0 Å².